The summed E-state index contributed by atoms with van der Waals surface area (Å²) in [5.74, 6) is 0. The first kappa shape index (κ1) is 12.2. The van der Waals surface area contributed by atoms with Gasteiger partial charge in [-0.2, -0.15) is 5.26 Å². The van der Waals surface area contributed by atoms with Crippen molar-refractivity contribution in [2.75, 3.05) is 13.1 Å². The summed E-state index contributed by atoms with van der Waals surface area (Å²) in [5, 5.41) is 12.2. The predicted octanol–water partition coefficient (Wildman–Crippen LogP) is 2.26. The number of nitrogens with one attached hydrogen (secondary N) is 1. The van der Waals surface area contributed by atoms with Crippen LogP contribution in [0.3, 0.4) is 0 Å². The molecule has 0 aromatic rings. The molecule has 0 unspecified atom stereocenters. The minimum Gasteiger partial charge on any atom is -0.331 e. The molecule has 1 heterocycles. The second-order valence-electron chi connectivity index (χ2n) is 6.12. The molecule has 0 aromatic heterocycles. The van der Waals surface area contributed by atoms with Gasteiger partial charge in [0.15, 0.2) is 0 Å². The Morgan fingerprint density at radius 2 is 2.06 bits per heavy atom. The molecule has 0 radical (unpaired) electrons. The quantitative estimate of drug-likeness (QED) is 0.798. The molecule has 1 saturated heterocycles. The summed E-state index contributed by atoms with van der Waals surface area (Å²) in [7, 11) is 0. The van der Waals surface area contributed by atoms with Crippen molar-refractivity contribution < 1.29 is 4.79 Å². The number of amides is 2. The fourth-order valence-electron chi connectivity index (χ4n) is 2.93. The van der Waals surface area contributed by atoms with Gasteiger partial charge in [-0.15, -0.1) is 0 Å². The molecule has 2 amide bonds. The Morgan fingerprint density at radius 3 is 2.65 bits per heavy atom. The molecule has 4 nitrogen and oxygen atoms in total. The van der Waals surface area contributed by atoms with E-state index in [2.05, 4.69) is 11.4 Å². The van der Waals surface area contributed by atoms with Gasteiger partial charge in [0.2, 0.25) is 0 Å². The lowest BCUT2D eigenvalue weighted by atomic mass is 9.82. The Labute approximate surface area is 103 Å². The third-order valence-corrected chi connectivity index (χ3v) is 3.85. The summed E-state index contributed by atoms with van der Waals surface area (Å²) >= 11 is 0. The van der Waals surface area contributed by atoms with Gasteiger partial charge in [-0.3, -0.25) is 0 Å². The van der Waals surface area contributed by atoms with Crippen molar-refractivity contribution in [2.45, 2.75) is 51.5 Å². The van der Waals surface area contributed by atoms with Crippen LogP contribution in [0.25, 0.3) is 0 Å². The molecule has 1 aliphatic carbocycles. The summed E-state index contributed by atoms with van der Waals surface area (Å²) in [6.07, 6.45) is 5.86. The van der Waals surface area contributed by atoms with E-state index in [-0.39, 0.29) is 11.6 Å². The molecule has 2 fully saturated rings. The van der Waals surface area contributed by atoms with Crippen molar-refractivity contribution in [3.8, 4) is 6.07 Å². The van der Waals surface area contributed by atoms with E-state index in [9.17, 15) is 4.79 Å². The predicted molar refractivity (Wildman–Crippen MR) is 65.3 cm³/mol. The fourth-order valence-corrected chi connectivity index (χ4v) is 2.93. The van der Waals surface area contributed by atoms with Gasteiger partial charge in [0.25, 0.3) is 0 Å². The number of urea groups is 1. The maximum absolute atomic E-state index is 11.9. The lowest BCUT2D eigenvalue weighted by Gasteiger charge is -2.33. The number of nitriles is 1. The zero-order valence-corrected chi connectivity index (χ0v) is 10.8. The molecule has 0 aromatic carbocycles. The molecule has 0 bridgehead atoms. The number of hydrogen-bond donors (Lipinski definition) is 1. The van der Waals surface area contributed by atoms with Gasteiger partial charge in [0.05, 0.1) is 17.0 Å². The van der Waals surface area contributed by atoms with Crippen LogP contribution in [0.1, 0.15) is 46.0 Å². The van der Waals surface area contributed by atoms with Crippen LogP contribution >= 0.6 is 0 Å². The Bertz CT molecular complexity index is 350. The highest BCUT2D eigenvalue weighted by molar-refractivity contribution is 5.78. The van der Waals surface area contributed by atoms with E-state index in [1.54, 1.807) is 0 Å². The maximum atomic E-state index is 11.9. The van der Waals surface area contributed by atoms with Crippen molar-refractivity contribution in [1.29, 1.82) is 5.26 Å². The summed E-state index contributed by atoms with van der Waals surface area (Å²) in [5.41, 5.74) is -0.460. The highest BCUT2D eigenvalue weighted by Gasteiger charge is 2.44. The molecule has 4 heteroatoms. The highest BCUT2D eigenvalue weighted by Crippen LogP contribution is 2.33. The van der Waals surface area contributed by atoms with Crippen LogP contribution in [-0.4, -0.2) is 29.6 Å². The van der Waals surface area contributed by atoms with Crippen molar-refractivity contribution in [3.63, 3.8) is 0 Å². The van der Waals surface area contributed by atoms with Crippen molar-refractivity contribution in [2.24, 2.45) is 5.41 Å². The highest BCUT2D eigenvalue weighted by atomic mass is 16.2. The Hall–Kier alpha value is -1.24. The number of hydrogen-bond acceptors (Lipinski definition) is 2. The SMILES string of the molecule is CC(C)(C#N)CN1CC2(CCCCC2)NC1=O. The van der Waals surface area contributed by atoms with Crippen LogP contribution in [-0.2, 0) is 0 Å². The van der Waals surface area contributed by atoms with Crippen LogP contribution in [0.5, 0.6) is 0 Å². The average molecular weight is 235 g/mol. The van der Waals surface area contributed by atoms with E-state index in [1.807, 2.05) is 18.7 Å². The van der Waals surface area contributed by atoms with E-state index in [0.29, 0.717) is 6.54 Å². The first-order chi connectivity index (χ1) is 7.96. The van der Waals surface area contributed by atoms with E-state index in [0.717, 1.165) is 19.4 Å². The zero-order valence-electron chi connectivity index (χ0n) is 10.8. The summed E-state index contributed by atoms with van der Waals surface area (Å²) in [6.45, 7) is 5.06. The molecule has 94 valence electrons. The number of carbonyl (C=O) groups is 1. The topological polar surface area (TPSA) is 56.1 Å². The van der Waals surface area contributed by atoms with Gasteiger partial charge in [0.1, 0.15) is 0 Å². The molecule has 1 saturated carbocycles. The Morgan fingerprint density at radius 1 is 1.41 bits per heavy atom. The second-order valence-corrected chi connectivity index (χ2v) is 6.12. The summed E-state index contributed by atoms with van der Waals surface area (Å²) < 4.78 is 0. The molecule has 1 spiro atoms. The molecule has 1 aliphatic heterocycles. The smallest absolute Gasteiger partial charge is 0.318 e. The average Bonchev–Trinajstić information content (AvgIpc) is 2.55. The largest absolute Gasteiger partial charge is 0.331 e. The van der Waals surface area contributed by atoms with Gasteiger partial charge in [-0.25, -0.2) is 4.79 Å². The van der Waals surface area contributed by atoms with E-state index < -0.39 is 5.41 Å². The summed E-state index contributed by atoms with van der Waals surface area (Å²) in [4.78, 5) is 13.8. The van der Waals surface area contributed by atoms with Crippen molar-refractivity contribution >= 4 is 6.03 Å². The lowest BCUT2D eigenvalue weighted by molar-refractivity contribution is 0.200. The molecule has 1 N–H and O–H groups in total. The lowest BCUT2D eigenvalue weighted by Crippen LogP contribution is -2.44. The zero-order chi connectivity index (χ0) is 12.5. The minimum absolute atomic E-state index is 0.000862. The molecule has 2 aliphatic rings. The van der Waals surface area contributed by atoms with Gasteiger partial charge in [-0.1, -0.05) is 19.3 Å². The first-order valence-corrected chi connectivity index (χ1v) is 6.45. The van der Waals surface area contributed by atoms with Gasteiger partial charge in [-0.05, 0) is 26.7 Å². The molecule has 2 rings (SSSR count). The third-order valence-electron chi connectivity index (χ3n) is 3.85. The van der Waals surface area contributed by atoms with Crippen LogP contribution in [0.2, 0.25) is 0 Å². The van der Waals surface area contributed by atoms with Gasteiger partial charge < -0.3 is 10.2 Å². The monoisotopic (exact) mass is 235 g/mol. The van der Waals surface area contributed by atoms with E-state index >= 15 is 0 Å². The second kappa shape index (κ2) is 4.21. The third kappa shape index (κ3) is 2.54. The summed E-state index contributed by atoms with van der Waals surface area (Å²) in [6, 6.07) is 2.27. The van der Waals surface area contributed by atoms with Gasteiger partial charge in [0, 0.05) is 13.1 Å². The maximum Gasteiger partial charge on any atom is 0.318 e. The van der Waals surface area contributed by atoms with E-state index in [1.165, 1.54) is 19.3 Å². The normalized spacial score (nSPS) is 23.6. The molecule has 0 atom stereocenters. The fraction of sp³-hybridized carbons (Fsp3) is 0.846. The number of rotatable bonds is 2. The molecular weight excluding hydrogens is 214 g/mol. The standard InChI is InChI=1S/C13H21N3O/c1-12(2,8-14)9-16-10-13(15-11(16)17)6-4-3-5-7-13/h3-7,9-10H2,1-2H3,(H,15,17). The van der Waals surface area contributed by atoms with Crippen molar-refractivity contribution in [1.82, 2.24) is 10.2 Å². The van der Waals surface area contributed by atoms with Gasteiger partial charge >= 0.3 is 6.03 Å². The van der Waals surface area contributed by atoms with Crippen LogP contribution in [0.15, 0.2) is 0 Å². The Kier molecular flexibility index (Phi) is 3.03. The molecular formula is C13H21N3O. The molecule has 17 heavy (non-hydrogen) atoms. The minimum atomic E-state index is -0.461. The first-order valence-electron chi connectivity index (χ1n) is 6.45. The Balaban J connectivity index is 2.03. The van der Waals surface area contributed by atoms with Crippen molar-refractivity contribution in [3.05, 3.63) is 0 Å². The number of nitrogens with zero attached hydrogens (tertiary/aromatic N) is 2. The number of carbonyl (C=O) groups excluding carboxylic acids is 1. The van der Waals surface area contributed by atoms with Crippen LogP contribution in [0, 0.1) is 16.7 Å². The van der Waals surface area contributed by atoms with Crippen LogP contribution in [0.4, 0.5) is 4.79 Å². The van der Waals surface area contributed by atoms with Crippen LogP contribution < -0.4 is 5.32 Å². The van der Waals surface area contributed by atoms with E-state index in [4.69, 9.17) is 5.26 Å².